The van der Waals surface area contributed by atoms with Gasteiger partial charge < -0.3 is 10.4 Å². The zero-order valence-electron chi connectivity index (χ0n) is 9.91. The molecule has 1 aromatic rings. The van der Waals surface area contributed by atoms with Gasteiger partial charge in [-0.15, -0.1) is 0 Å². The highest BCUT2D eigenvalue weighted by atomic mass is 19.1. The highest BCUT2D eigenvalue weighted by molar-refractivity contribution is 5.24. The van der Waals surface area contributed by atoms with Crippen LogP contribution in [0.2, 0.25) is 0 Å². The highest BCUT2D eigenvalue weighted by Gasteiger charge is 2.54. The quantitative estimate of drug-likeness (QED) is 0.824. The van der Waals surface area contributed by atoms with Gasteiger partial charge in [0, 0.05) is 22.8 Å². The second-order valence-electron chi connectivity index (χ2n) is 5.68. The number of aromatic nitrogens is 1. The Morgan fingerprint density at radius 1 is 1.35 bits per heavy atom. The van der Waals surface area contributed by atoms with Gasteiger partial charge in [0.1, 0.15) is 5.82 Å². The van der Waals surface area contributed by atoms with Crippen LogP contribution in [0.3, 0.4) is 0 Å². The molecule has 1 aromatic heterocycles. The van der Waals surface area contributed by atoms with E-state index in [1.807, 2.05) is 0 Å². The van der Waals surface area contributed by atoms with Gasteiger partial charge in [-0.2, -0.15) is 0 Å². The maximum Gasteiger partial charge on any atom is 0.141 e. The number of nitrogens with one attached hydrogen (secondary N) is 1. The average molecular weight is 236 g/mol. The Labute approximate surface area is 100 Å². The SMILES string of the molecule is CC12CCC([C@H](O)c3cncc(F)c3)(CC1)N2. The molecule has 17 heavy (non-hydrogen) atoms. The Morgan fingerprint density at radius 3 is 2.59 bits per heavy atom. The number of nitrogens with zero attached hydrogens (tertiary/aromatic N) is 1. The summed E-state index contributed by atoms with van der Waals surface area (Å²) in [5.74, 6) is -0.392. The van der Waals surface area contributed by atoms with Crippen molar-refractivity contribution in [2.45, 2.75) is 49.8 Å². The molecular weight excluding hydrogens is 219 g/mol. The first-order valence-corrected chi connectivity index (χ1v) is 6.11. The van der Waals surface area contributed by atoms with Crippen molar-refractivity contribution in [2.75, 3.05) is 0 Å². The predicted molar refractivity (Wildman–Crippen MR) is 61.9 cm³/mol. The second kappa shape index (κ2) is 3.50. The Hall–Kier alpha value is -1.00. The van der Waals surface area contributed by atoms with Crippen LogP contribution >= 0.6 is 0 Å². The number of fused-ring (bicyclic) bond motifs is 2. The van der Waals surface area contributed by atoms with E-state index in [2.05, 4.69) is 17.2 Å². The molecule has 92 valence electrons. The lowest BCUT2D eigenvalue weighted by Gasteiger charge is -2.31. The molecule has 0 unspecified atom stereocenters. The average Bonchev–Trinajstić information content (AvgIpc) is 2.83. The van der Waals surface area contributed by atoms with Crippen LogP contribution in [0.4, 0.5) is 4.39 Å². The van der Waals surface area contributed by atoms with Crippen molar-refractivity contribution in [3.63, 3.8) is 0 Å². The summed E-state index contributed by atoms with van der Waals surface area (Å²) in [6.45, 7) is 2.19. The molecule has 0 radical (unpaired) electrons. The summed E-state index contributed by atoms with van der Waals surface area (Å²) in [5.41, 5.74) is 0.454. The minimum Gasteiger partial charge on any atom is -0.386 e. The fraction of sp³-hybridized carbons (Fsp3) is 0.615. The summed E-state index contributed by atoms with van der Waals surface area (Å²) < 4.78 is 13.1. The monoisotopic (exact) mass is 236 g/mol. The fourth-order valence-corrected chi connectivity index (χ4v) is 3.34. The Balaban J connectivity index is 1.90. The van der Waals surface area contributed by atoms with Crippen LogP contribution in [0, 0.1) is 5.82 Å². The summed E-state index contributed by atoms with van der Waals surface area (Å²) in [4.78, 5) is 3.81. The minimum absolute atomic E-state index is 0.154. The van der Waals surface area contributed by atoms with Crippen molar-refractivity contribution >= 4 is 0 Å². The van der Waals surface area contributed by atoms with Crippen molar-refractivity contribution in [1.29, 1.82) is 0 Å². The molecule has 2 aliphatic heterocycles. The molecule has 2 N–H and O–H groups in total. The molecule has 0 saturated carbocycles. The van der Waals surface area contributed by atoms with Crippen LogP contribution in [0.25, 0.3) is 0 Å². The van der Waals surface area contributed by atoms with E-state index in [1.54, 1.807) is 6.20 Å². The zero-order chi connectivity index (χ0) is 12.1. The summed E-state index contributed by atoms with van der Waals surface area (Å²) in [5, 5.41) is 14.0. The van der Waals surface area contributed by atoms with Gasteiger partial charge >= 0.3 is 0 Å². The largest absolute Gasteiger partial charge is 0.386 e. The van der Waals surface area contributed by atoms with Gasteiger partial charge in [0.25, 0.3) is 0 Å². The van der Waals surface area contributed by atoms with Crippen LogP contribution in [0.15, 0.2) is 18.5 Å². The number of hydrogen-bond donors (Lipinski definition) is 2. The van der Waals surface area contributed by atoms with E-state index < -0.39 is 11.9 Å². The van der Waals surface area contributed by atoms with Gasteiger partial charge in [0.05, 0.1) is 12.3 Å². The predicted octanol–water partition coefficient (Wildman–Crippen LogP) is 1.93. The molecule has 2 aliphatic rings. The molecule has 3 nitrogen and oxygen atoms in total. The minimum atomic E-state index is -0.671. The molecule has 2 bridgehead atoms. The molecule has 0 aliphatic carbocycles. The maximum absolute atomic E-state index is 13.1. The normalized spacial score (nSPS) is 37.4. The third-order valence-corrected chi connectivity index (χ3v) is 4.36. The molecule has 0 amide bonds. The molecule has 2 fully saturated rings. The molecule has 4 heteroatoms. The smallest absolute Gasteiger partial charge is 0.141 e. The number of pyridine rings is 1. The van der Waals surface area contributed by atoms with Crippen molar-refractivity contribution in [3.8, 4) is 0 Å². The first-order chi connectivity index (χ1) is 8.03. The first kappa shape index (κ1) is 11.1. The van der Waals surface area contributed by atoms with Crippen LogP contribution in [0.1, 0.15) is 44.3 Å². The number of rotatable bonds is 2. The number of aliphatic hydroxyl groups is 1. The van der Waals surface area contributed by atoms with E-state index in [4.69, 9.17) is 0 Å². The van der Waals surface area contributed by atoms with Gasteiger partial charge in [-0.3, -0.25) is 4.98 Å². The molecule has 0 spiro atoms. The van der Waals surface area contributed by atoms with E-state index >= 15 is 0 Å². The topological polar surface area (TPSA) is 45.2 Å². The lowest BCUT2D eigenvalue weighted by atomic mass is 9.78. The number of aliphatic hydroxyl groups excluding tert-OH is 1. The summed E-state index contributed by atoms with van der Waals surface area (Å²) in [6, 6.07) is 1.38. The van der Waals surface area contributed by atoms with Crippen molar-refractivity contribution in [1.82, 2.24) is 10.3 Å². The lowest BCUT2D eigenvalue weighted by molar-refractivity contribution is 0.0732. The molecule has 1 atom stereocenters. The number of halogens is 1. The highest BCUT2D eigenvalue weighted by Crippen LogP contribution is 2.50. The molecule has 0 aromatic carbocycles. The van der Waals surface area contributed by atoms with Crippen molar-refractivity contribution in [3.05, 3.63) is 29.8 Å². The zero-order valence-corrected chi connectivity index (χ0v) is 9.91. The molecule has 2 saturated heterocycles. The molecule has 3 rings (SSSR count). The van der Waals surface area contributed by atoms with E-state index in [0.717, 1.165) is 31.9 Å². The Morgan fingerprint density at radius 2 is 2.06 bits per heavy atom. The number of hydrogen-bond acceptors (Lipinski definition) is 3. The standard InChI is InChI=1S/C13H17FN2O/c1-12-2-4-13(16-12,5-3-12)11(17)9-6-10(14)8-15-7-9/h6-8,11,16-17H,2-5H2,1H3/t11-,12?,13?/m1/s1. The summed E-state index contributed by atoms with van der Waals surface area (Å²) in [6.07, 6.45) is 6.09. The lowest BCUT2D eigenvalue weighted by Crippen LogP contribution is -2.45. The van der Waals surface area contributed by atoms with Crippen molar-refractivity contribution in [2.24, 2.45) is 0 Å². The van der Waals surface area contributed by atoms with Gasteiger partial charge in [0.15, 0.2) is 0 Å². The van der Waals surface area contributed by atoms with E-state index in [-0.39, 0.29) is 11.1 Å². The van der Waals surface area contributed by atoms with E-state index in [0.29, 0.717) is 5.56 Å². The van der Waals surface area contributed by atoms with E-state index in [1.165, 1.54) is 6.07 Å². The van der Waals surface area contributed by atoms with E-state index in [9.17, 15) is 9.50 Å². The van der Waals surface area contributed by atoms with Crippen LogP contribution in [-0.4, -0.2) is 21.2 Å². The van der Waals surface area contributed by atoms with Gasteiger partial charge in [-0.1, -0.05) is 0 Å². The Kier molecular flexibility index (Phi) is 2.28. The summed E-state index contributed by atoms with van der Waals surface area (Å²) >= 11 is 0. The summed E-state index contributed by atoms with van der Waals surface area (Å²) in [7, 11) is 0. The Bertz CT molecular complexity index is 441. The molecular formula is C13H17FN2O. The second-order valence-corrected chi connectivity index (χ2v) is 5.68. The van der Waals surface area contributed by atoms with Crippen LogP contribution < -0.4 is 5.32 Å². The van der Waals surface area contributed by atoms with Crippen LogP contribution in [0.5, 0.6) is 0 Å². The van der Waals surface area contributed by atoms with Gasteiger partial charge in [0.2, 0.25) is 0 Å². The fourth-order valence-electron chi connectivity index (χ4n) is 3.34. The van der Waals surface area contributed by atoms with Gasteiger partial charge in [-0.05, 0) is 38.7 Å². The van der Waals surface area contributed by atoms with Crippen molar-refractivity contribution < 1.29 is 9.50 Å². The molecule has 3 heterocycles. The third kappa shape index (κ3) is 1.67. The maximum atomic E-state index is 13.1. The van der Waals surface area contributed by atoms with Crippen LogP contribution in [-0.2, 0) is 0 Å². The first-order valence-electron chi connectivity index (χ1n) is 6.11. The third-order valence-electron chi connectivity index (χ3n) is 4.36. The van der Waals surface area contributed by atoms with Gasteiger partial charge in [-0.25, -0.2) is 4.39 Å².